The molecule has 0 saturated carbocycles. The molecule has 0 radical (unpaired) electrons. The number of morpholine rings is 1. The summed E-state index contributed by atoms with van der Waals surface area (Å²) in [6.07, 6.45) is 4.41. The average Bonchev–Trinajstić information content (AvgIpc) is 3.38. The highest BCUT2D eigenvalue weighted by Crippen LogP contribution is 2.19. The molecule has 0 bridgehead atoms. The molecule has 1 aromatic heterocycles. The molecule has 0 aliphatic carbocycles. The molecule has 2 fully saturated rings. The topological polar surface area (TPSA) is 65.0 Å². The number of nitrogens with zero attached hydrogens (tertiary/aromatic N) is 4. The summed E-state index contributed by atoms with van der Waals surface area (Å²) in [5, 5.41) is 6.90. The summed E-state index contributed by atoms with van der Waals surface area (Å²) < 4.78 is 5.49. The largest absolute Gasteiger partial charge is 0.379 e. The number of guanidine groups is 1. The molecular formula is C25H36N6O. The molecule has 7 heteroatoms. The van der Waals surface area contributed by atoms with Crippen molar-refractivity contribution in [3.63, 3.8) is 0 Å². The van der Waals surface area contributed by atoms with Crippen LogP contribution in [0.3, 0.4) is 0 Å². The van der Waals surface area contributed by atoms with E-state index in [1.807, 2.05) is 6.20 Å². The third-order valence-electron chi connectivity index (χ3n) is 6.07. The van der Waals surface area contributed by atoms with Gasteiger partial charge in [-0.2, -0.15) is 0 Å². The first-order valence-corrected chi connectivity index (χ1v) is 11.9. The lowest BCUT2D eigenvalue weighted by Crippen LogP contribution is -2.38. The van der Waals surface area contributed by atoms with Gasteiger partial charge in [0.05, 0.1) is 19.8 Å². The number of nitrogens with one attached hydrogen (secondary N) is 2. The lowest BCUT2D eigenvalue weighted by molar-refractivity contribution is 0.0341. The first-order valence-electron chi connectivity index (χ1n) is 11.9. The molecule has 4 rings (SSSR count). The highest BCUT2D eigenvalue weighted by Gasteiger charge is 2.14. The van der Waals surface area contributed by atoms with Crippen molar-refractivity contribution in [1.29, 1.82) is 0 Å². The molecule has 2 N–H and O–H groups in total. The van der Waals surface area contributed by atoms with E-state index < -0.39 is 0 Å². The average molecular weight is 437 g/mol. The molecule has 2 saturated heterocycles. The molecular weight excluding hydrogens is 400 g/mol. The fraction of sp³-hybridized carbons (Fsp3) is 0.520. The fourth-order valence-electron chi connectivity index (χ4n) is 4.25. The van der Waals surface area contributed by atoms with Crippen LogP contribution < -0.4 is 15.5 Å². The fourth-order valence-corrected chi connectivity index (χ4v) is 4.25. The summed E-state index contributed by atoms with van der Waals surface area (Å²) in [5.74, 6) is 1.92. The van der Waals surface area contributed by atoms with Gasteiger partial charge in [-0.05, 0) is 48.6 Å². The van der Waals surface area contributed by atoms with Crippen LogP contribution in [0.2, 0.25) is 0 Å². The lowest BCUT2D eigenvalue weighted by Gasteiger charge is -2.27. The number of hydrogen-bond acceptors (Lipinski definition) is 5. The van der Waals surface area contributed by atoms with Gasteiger partial charge in [-0.15, -0.1) is 0 Å². The van der Waals surface area contributed by atoms with Crippen LogP contribution in [0.15, 0.2) is 47.6 Å². The second-order valence-corrected chi connectivity index (χ2v) is 8.42. The molecule has 0 atom stereocenters. The number of benzene rings is 1. The van der Waals surface area contributed by atoms with Crippen LogP contribution in [0.25, 0.3) is 0 Å². The van der Waals surface area contributed by atoms with Crippen molar-refractivity contribution in [3.05, 3.63) is 59.3 Å². The van der Waals surface area contributed by atoms with Gasteiger partial charge < -0.3 is 20.3 Å². The summed E-state index contributed by atoms with van der Waals surface area (Å²) in [6, 6.07) is 12.9. The highest BCUT2D eigenvalue weighted by molar-refractivity contribution is 5.79. The normalized spacial score (nSPS) is 17.5. The Morgan fingerprint density at radius 1 is 1.03 bits per heavy atom. The van der Waals surface area contributed by atoms with E-state index in [0.29, 0.717) is 6.54 Å². The van der Waals surface area contributed by atoms with E-state index in [0.717, 1.165) is 70.8 Å². The summed E-state index contributed by atoms with van der Waals surface area (Å²) in [6.45, 7) is 11.1. The molecule has 32 heavy (non-hydrogen) atoms. The van der Waals surface area contributed by atoms with Gasteiger partial charge in [-0.25, -0.2) is 9.98 Å². The van der Waals surface area contributed by atoms with E-state index in [2.05, 4.69) is 68.7 Å². The summed E-state index contributed by atoms with van der Waals surface area (Å²) in [4.78, 5) is 14.2. The van der Waals surface area contributed by atoms with Crippen LogP contribution >= 0.6 is 0 Å². The minimum absolute atomic E-state index is 0.633. The Balaban J connectivity index is 1.37. The number of aromatic nitrogens is 1. The van der Waals surface area contributed by atoms with Gasteiger partial charge in [-0.1, -0.05) is 24.3 Å². The van der Waals surface area contributed by atoms with Crippen LogP contribution in [-0.4, -0.2) is 61.8 Å². The van der Waals surface area contributed by atoms with Crippen LogP contribution in [0.1, 0.15) is 36.5 Å². The summed E-state index contributed by atoms with van der Waals surface area (Å²) >= 11 is 0. The van der Waals surface area contributed by atoms with E-state index in [4.69, 9.17) is 9.73 Å². The molecule has 0 amide bonds. The van der Waals surface area contributed by atoms with Crippen LogP contribution in [-0.2, 0) is 24.4 Å². The molecule has 0 spiro atoms. The van der Waals surface area contributed by atoms with Crippen molar-refractivity contribution >= 4 is 11.8 Å². The molecule has 3 heterocycles. The van der Waals surface area contributed by atoms with Crippen LogP contribution in [0.4, 0.5) is 5.82 Å². The highest BCUT2D eigenvalue weighted by atomic mass is 16.5. The number of anilines is 1. The number of aliphatic imine (C=N–C) groups is 1. The second kappa shape index (κ2) is 11.8. The first kappa shape index (κ1) is 22.6. The van der Waals surface area contributed by atoms with Crippen molar-refractivity contribution in [2.75, 3.05) is 50.8 Å². The smallest absolute Gasteiger partial charge is 0.191 e. The molecule has 2 aromatic rings. The molecule has 2 aliphatic rings. The van der Waals surface area contributed by atoms with Gasteiger partial charge in [0.1, 0.15) is 5.82 Å². The minimum Gasteiger partial charge on any atom is -0.379 e. The Labute approximate surface area is 191 Å². The first-order chi connectivity index (χ1) is 15.8. The third-order valence-corrected chi connectivity index (χ3v) is 6.07. The van der Waals surface area contributed by atoms with E-state index in [1.165, 1.54) is 29.5 Å². The van der Waals surface area contributed by atoms with Gasteiger partial charge >= 0.3 is 0 Å². The predicted octanol–water partition coefficient (Wildman–Crippen LogP) is 2.77. The quantitative estimate of drug-likeness (QED) is 0.490. The van der Waals surface area contributed by atoms with Crippen molar-refractivity contribution in [2.45, 2.75) is 39.4 Å². The third kappa shape index (κ3) is 6.43. The SMILES string of the molecule is CCNC(=NCc1ccnc(N2CCCC2)c1)NCc1ccccc1CN1CCOCC1. The maximum absolute atomic E-state index is 5.49. The van der Waals surface area contributed by atoms with E-state index in [-0.39, 0.29) is 0 Å². The van der Waals surface area contributed by atoms with Gasteiger partial charge in [-0.3, -0.25) is 4.90 Å². The molecule has 0 unspecified atom stereocenters. The molecule has 172 valence electrons. The Morgan fingerprint density at radius 3 is 2.59 bits per heavy atom. The Morgan fingerprint density at radius 2 is 1.81 bits per heavy atom. The van der Waals surface area contributed by atoms with Crippen molar-refractivity contribution in [2.24, 2.45) is 4.99 Å². The Kier molecular flexibility index (Phi) is 8.34. The summed E-state index contributed by atoms with van der Waals surface area (Å²) in [5.41, 5.74) is 3.86. The zero-order valence-corrected chi connectivity index (χ0v) is 19.2. The van der Waals surface area contributed by atoms with Gasteiger partial charge in [0.25, 0.3) is 0 Å². The summed E-state index contributed by atoms with van der Waals surface area (Å²) in [7, 11) is 0. The van der Waals surface area contributed by atoms with Gasteiger partial charge in [0.15, 0.2) is 5.96 Å². The number of pyridine rings is 1. The number of rotatable bonds is 8. The van der Waals surface area contributed by atoms with Gasteiger partial charge in [0, 0.05) is 52.0 Å². The number of hydrogen-bond donors (Lipinski definition) is 2. The zero-order chi connectivity index (χ0) is 22.0. The molecule has 1 aromatic carbocycles. The lowest BCUT2D eigenvalue weighted by atomic mass is 10.1. The monoisotopic (exact) mass is 436 g/mol. The standard InChI is InChI=1S/C25H36N6O/c1-2-26-25(28-18-21-9-10-27-24(17-21)31-11-5-6-12-31)29-19-22-7-3-4-8-23(22)20-30-13-15-32-16-14-30/h3-4,7-10,17H,2,5-6,11-16,18-20H2,1H3,(H2,26,28,29). The van der Waals surface area contributed by atoms with Crippen molar-refractivity contribution < 1.29 is 4.74 Å². The maximum Gasteiger partial charge on any atom is 0.191 e. The zero-order valence-electron chi connectivity index (χ0n) is 19.2. The molecule has 2 aliphatic heterocycles. The second-order valence-electron chi connectivity index (χ2n) is 8.42. The van der Waals surface area contributed by atoms with Crippen LogP contribution in [0, 0.1) is 0 Å². The predicted molar refractivity (Wildman–Crippen MR) is 130 cm³/mol. The van der Waals surface area contributed by atoms with Crippen molar-refractivity contribution in [1.82, 2.24) is 20.5 Å². The van der Waals surface area contributed by atoms with E-state index >= 15 is 0 Å². The molecule has 7 nitrogen and oxygen atoms in total. The Hall–Kier alpha value is -2.64. The van der Waals surface area contributed by atoms with Crippen LogP contribution in [0.5, 0.6) is 0 Å². The van der Waals surface area contributed by atoms with Gasteiger partial charge in [0.2, 0.25) is 0 Å². The maximum atomic E-state index is 5.49. The minimum atomic E-state index is 0.633. The van der Waals surface area contributed by atoms with E-state index in [1.54, 1.807) is 0 Å². The van der Waals surface area contributed by atoms with Crippen molar-refractivity contribution in [3.8, 4) is 0 Å². The number of ether oxygens (including phenoxy) is 1. The Bertz CT molecular complexity index is 874. The van der Waals surface area contributed by atoms with E-state index in [9.17, 15) is 0 Å².